The molecule has 18 heavy (non-hydrogen) atoms. The molecule has 0 bridgehead atoms. The number of carbonyl (C=O) groups is 1. The zero-order chi connectivity index (χ0) is 13.2. The molecule has 1 aromatic rings. The van der Waals surface area contributed by atoms with Crippen molar-refractivity contribution in [2.45, 2.75) is 30.9 Å². The van der Waals surface area contributed by atoms with Gasteiger partial charge >= 0.3 is 0 Å². The molecular weight excluding hydrogens is 226 g/mol. The summed E-state index contributed by atoms with van der Waals surface area (Å²) in [4.78, 5) is 13.3. The summed E-state index contributed by atoms with van der Waals surface area (Å²) < 4.78 is 0. The minimum Gasteiger partial charge on any atom is -0.383 e. The van der Waals surface area contributed by atoms with Gasteiger partial charge in [0.1, 0.15) is 5.60 Å². The first-order chi connectivity index (χ1) is 8.59. The molecule has 1 saturated carbocycles. The predicted octanol–water partition coefficient (Wildman–Crippen LogP) is 2.07. The second-order valence-electron chi connectivity index (χ2n) is 4.85. The van der Waals surface area contributed by atoms with Gasteiger partial charge in [0.25, 0.3) is 0 Å². The van der Waals surface area contributed by atoms with Crippen LogP contribution in [0.15, 0.2) is 43.0 Å². The van der Waals surface area contributed by atoms with Crippen molar-refractivity contribution < 1.29 is 9.90 Å². The van der Waals surface area contributed by atoms with E-state index >= 15 is 0 Å². The summed E-state index contributed by atoms with van der Waals surface area (Å²) in [6.07, 6.45) is 3.73. The van der Waals surface area contributed by atoms with E-state index in [1.807, 2.05) is 30.3 Å². The van der Waals surface area contributed by atoms with Crippen molar-refractivity contribution >= 4 is 5.91 Å². The first-order valence-corrected chi connectivity index (χ1v) is 6.26. The maximum atomic E-state index is 11.7. The number of likely N-dealkylation sites (N-methyl/N-ethyl adjacent to an activating group) is 1. The molecule has 1 amide bonds. The van der Waals surface area contributed by atoms with E-state index in [-0.39, 0.29) is 11.9 Å². The number of amides is 1. The van der Waals surface area contributed by atoms with Gasteiger partial charge in [-0.1, -0.05) is 36.9 Å². The number of rotatable bonds is 3. The Hall–Kier alpha value is -1.61. The fourth-order valence-electron chi connectivity index (χ4n) is 2.85. The number of aliphatic hydroxyl groups is 1. The number of hydrogen-bond donors (Lipinski definition) is 1. The molecule has 1 fully saturated rings. The zero-order valence-corrected chi connectivity index (χ0v) is 10.7. The van der Waals surface area contributed by atoms with Gasteiger partial charge in [-0.3, -0.25) is 4.79 Å². The Morgan fingerprint density at radius 2 is 2.17 bits per heavy atom. The van der Waals surface area contributed by atoms with Crippen LogP contribution in [0.4, 0.5) is 0 Å². The van der Waals surface area contributed by atoms with Crippen LogP contribution in [0.25, 0.3) is 0 Å². The molecule has 1 N–H and O–H groups in total. The lowest BCUT2D eigenvalue weighted by Crippen LogP contribution is -2.47. The Bertz CT molecular complexity index is 443. The van der Waals surface area contributed by atoms with Crippen molar-refractivity contribution in [3.8, 4) is 0 Å². The standard InChI is InChI=1S/C15H19NO2/c1-3-14(17)16(2)13-10-7-11-15(13,18)12-8-5-4-6-9-12/h3-6,8-9,13,18H,1,7,10-11H2,2H3/t13-,15-/m1/s1. The quantitative estimate of drug-likeness (QED) is 0.828. The van der Waals surface area contributed by atoms with E-state index in [0.29, 0.717) is 6.42 Å². The van der Waals surface area contributed by atoms with Crippen LogP contribution in [0.2, 0.25) is 0 Å². The minimum absolute atomic E-state index is 0.142. The maximum Gasteiger partial charge on any atom is 0.246 e. The monoisotopic (exact) mass is 245 g/mol. The molecule has 3 heteroatoms. The average molecular weight is 245 g/mol. The highest BCUT2D eigenvalue weighted by Crippen LogP contribution is 2.41. The van der Waals surface area contributed by atoms with E-state index in [4.69, 9.17) is 0 Å². The van der Waals surface area contributed by atoms with E-state index in [2.05, 4.69) is 6.58 Å². The fraction of sp³-hybridized carbons (Fsp3) is 0.400. The van der Waals surface area contributed by atoms with Gasteiger partial charge in [0.15, 0.2) is 0 Å². The molecule has 3 nitrogen and oxygen atoms in total. The fourth-order valence-corrected chi connectivity index (χ4v) is 2.85. The topological polar surface area (TPSA) is 40.5 Å². The summed E-state index contributed by atoms with van der Waals surface area (Å²) >= 11 is 0. The average Bonchev–Trinajstić information content (AvgIpc) is 2.81. The van der Waals surface area contributed by atoms with Crippen LogP contribution in [0.3, 0.4) is 0 Å². The Morgan fingerprint density at radius 1 is 1.50 bits per heavy atom. The first kappa shape index (κ1) is 12.8. The van der Waals surface area contributed by atoms with Gasteiger partial charge in [-0.05, 0) is 30.9 Å². The summed E-state index contributed by atoms with van der Waals surface area (Å²) in [5, 5.41) is 10.9. The van der Waals surface area contributed by atoms with Crippen molar-refractivity contribution in [1.82, 2.24) is 4.90 Å². The summed E-state index contributed by atoms with van der Waals surface area (Å²) in [7, 11) is 1.73. The van der Waals surface area contributed by atoms with Crippen LogP contribution in [0.1, 0.15) is 24.8 Å². The van der Waals surface area contributed by atoms with Gasteiger partial charge in [-0.15, -0.1) is 0 Å². The van der Waals surface area contributed by atoms with Crippen LogP contribution in [0.5, 0.6) is 0 Å². The van der Waals surface area contributed by atoms with Gasteiger partial charge in [-0.25, -0.2) is 0 Å². The van der Waals surface area contributed by atoms with Gasteiger partial charge in [-0.2, -0.15) is 0 Å². The predicted molar refractivity (Wildman–Crippen MR) is 70.9 cm³/mol. The summed E-state index contributed by atoms with van der Waals surface area (Å²) in [5.41, 5.74) is -0.0505. The lowest BCUT2D eigenvalue weighted by Gasteiger charge is -2.36. The Kier molecular flexibility index (Phi) is 3.53. The Balaban J connectivity index is 2.32. The van der Waals surface area contributed by atoms with E-state index in [1.165, 1.54) is 6.08 Å². The van der Waals surface area contributed by atoms with Gasteiger partial charge in [0.2, 0.25) is 5.91 Å². The lowest BCUT2D eigenvalue weighted by molar-refractivity contribution is -0.132. The third-order valence-corrected chi connectivity index (χ3v) is 3.85. The van der Waals surface area contributed by atoms with Crippen molar-refractivity contribution in [3.05, 3.63) is 48.6 Å². The van der Waals surface area contributed by atoms with Gasteiger partial charge in [0.05, 0.1) is 6.04 Å². The second-order valence-corrected chi connectivity index (χ2v) is 4.85. The van der Waals surface area contributed by atoms with Crippen LogP contribution < -0.4 is 0 Å². The normalized spacial score (nSPS) is 26.9. The number of nitrogens with zero attached hydrogens (tertiary/aromatic N) is 1. The SMILES string of the molecule is C=CC(=O)N(C)[C@@H]1CCC[C@@]1(O)c1ccccc1. The lowest BCUT2D eigenvalue weighted by atomic mass is 9.88. The number of hydrogen-bond acceptors (Lipinski definition) is 2. The Labute approximate surface area is 108 Å². The molecule has 0 heterocycles. The molecule has 0 spiro atoms. The van der Waals surface area contributed by atoms with E-state index < -0.39 is 5.60 Å². The molecule has 0 aliphatic heterocycles. The van der Waals surface area contributed by atoms with Crippen LogP contribution in [-0.4, -0.2) is 29.0 Å². The smallest absolute Gasteiger partial charge is 0.246 e. The van der Waals surface area contributed by atoms with E-state index in [0.717, 1.165) is 18.4 Å². The molecule has 1 aliphatic rings. The molecule has 0 aromatic heterocycles. The zero-order valence-electron chi connectivity index (χ0n) is 10.7. The molecule has 2 atom stereocenters. The van der Waals surface area contributed by atoms with E-state index in [1.54, 1.807) is 11.9 Å². The van der Waals surface area contributed by atoms with Crippen molar-refractivity contribution in [2.75, 3.05) is 7.05 Å². The summed E-state index contributed by atoms with van der Waals surface area (Å²) in [5.74, 6) is -0.142. The van der Waals surface area contributed by atoms with E-state index in [9.17, 15) is 9.90 Å². The molecule has 1 aromatic carbocycles. The third kappa shape index (κ3) is 2.06. The van der Waals surface area contributed by atoms with Crippen LogP contribution >= 0.6 is 0 Å². The van der Waals surface area contributed by atoms with Crippen molar-refractivity contribution in [1.29, 1.82) is 0 Å². The Morgan fingerprint density at radius 3 is 2.78 bits per heavy atom. The molecule has 0 radical (unpaired) electrons. The number of benzene rings is 1. The molecule has 2 rings (SSSR count). The largest absolute Gasteiger partial charge is 0.383 e. The first-order valence-electron chi connectivity index (χ1n) is 6.26. The molecular formula is C15H19NO2. The highest BCUT2D eigenvalue weighted by atomic mass is 16.3. The number of carbonyl (C=O) groups excluding carboxylic acids is 1. The van der Waals surface area contributed by atoms with Crippen LogP contribution in [-0.2, 0) is 10.4 Å². The molecule has 1 aliphatic carbocycles. The second kappa shape index (κ2) is 4.94. The third-order valence-electron chi connectivity index (χ3n) is 3.85. The molecule has 0 unspecified atom stereocenters. The van der Waals surface area contributed by atoms with Gasteiger partial charge in [0, 0.05) is 7.05 Å². The van der Waals surface area contributed by atoms with Crippen LogP contribution in [0, 0.1) is 0 Å². The van der Waals surface area contributed by atoms with Crippen molar-refractivity contribution in [2.24, 2.45) is 0 Å². The minimum atomic E-state index is -0.936. The van der Waals surface area contributed by atoms with Crippen molar-refractivity contribution in [3.63, 3.8) is 0 Å². The summed E-state index contributed by atoms with van der Waals surface area (Å²) in [6.45, 7) is 3.50. The molecule has 0 saturated heterocycles. The maximum absolute atomic E-state index is 11.7. The highest BCUT2D eigenvalue weighted by molar-refractivity contribution is 5.87. The van der Waals surface area contributed by atoms with Gasteiger partial charge < -0.3 is 10.0 Å². The molecule has 96 valence electrons. The summed E-state index contributed by atoms with van der Waals surface area (Å²) in [6, 6.07) is 9.42. The highest BCUT2D eigenvalue weighted by Gasteiger charge is 2.45.